The molecule has 2 aromatic rings. The zero-order chi connectivity index (χ0) is 8.72. The normalized spacial score (nSPS) is 10.8. The molecule has 12 heavy (non-hydrogen) atoms. The number of benzene rings is 1. The van der Waals surface area contributed by atoms with E-state index in [1.165, 1.54) is 20.0 Å². The summed E-state index contributed by atoms with van der Waals surface area (Å²) in [5.74, 6) is 0. The molecule has 0 aliphatic heterocycles. The molecule has 0 radical (unpaired) electrons. The van der Waals surface area contributed by atoms with Crippen LogP contribution in [0.5, 0.6) is 0 Å². The second kappa shape index (κ2) is 2.65. The smallest absolute Gasteiger partial charge is 0.0496 e. The number of halogens is 1. The summed E-state index contributed by atoms with van der Waals surface area (Å²) in [5.41, 5.74) is 8.96. The lowest BCUT2D eigenvalue weighted by atomic mass is 10.1. The van der Waals surface area contributed by atoms with Gasteiger partial charge in [0.2, 0.25) is 0 Å². The molecule has 0 fully saturated rings. The van der Waals surface area contributed by atoms with Crippen molar-refractivity contribution in [2.75, 3.05) is 5.73 Å². The van der Waals surface area contributed by atoms with Gasteiger partial charge in [-0.3, -0.25) is 0 Å². The molecule has 0 saturated heterocycles. The Kier molecular flexibility index (Phi) is 1.75. The number of hydrogen-bond acceptors (Lipinski definition) is 1. The highest BCUT2D eigenvalue weighted by Gasteiger charge is 2.03. The first-order chi connectivity index (χ1) is 5.68. The number of anilines is 1. The molecule has 2 rings (SSSR count). The van der Waals surface area contributed by atoms with Crippen LogP contribution in [-0.2, 0) is 0 Å². The summed E-state index contributed by atoms with van der Waals surface area (Å²) in [5, 5.41) is 1.22. The molecule has 0 atom stereocenters. The van der Waals surface area contributed by atoms with Crippen molar-refractivity contribution in [1.82, 2.24) is 4.98 Å². The second-order valence-electron chi connectivity index (χ2n) is 2.90. The molecule has 0 saturated carbocycles. The maximum Gasteiger partial charge on any atom is 0.0496 e. The molecule has 0 unspecified atom stereocenters. The fourth-order valence-electron chi connectivity index (χ4n) is 1.41. The molecule has 3 heteroatoms. The Bertz CT molecular complexity index is 431. The quantitative estimate of drug-likeness (QED) is 0.562. The number of nitrogens with one attached hydrogen (secondary N) is 1. The van der Waals surface area contributed by atoms with Crippen molar-refractivity contribution in [3.05, 3.63) is 27.5 Å². The Morgan fingerprint density at radius 3 is 2.92 bits per heavy atom. The second-order valence-corrected chi connectivity index (χ2v) is 4.06. The van der Waals surface area contributed by atoms with E-state index in [9.17, 15) is 0 Å². The third-order valence-electron chi connectivity index (χ3n) is 1.96. The van der Waals surface area contributed by atoms with Gasteiger partial charge in [-0.2, -0.15) is 0 Å². The fraction of sp³-hybridized carbons (Fsp3) is 0.111. The van der Waals surface area contributed by atoms with Crippen LogP contribution in [0.15, 0.2) is 18.3 Å². The Labute approximate surface area is 84.3 Å². The first-order valence-electron chi connectivity index (χ1n) is 3.71. The van der Waals surface area contributed by atoms with E-state index in [1.54, 1.807) is 0 Å². The first kappa shape index (κ1) is 7.91. The average molecular weight is 272 g/mol. The molecule has 3 N–H and O–H groups in total. The molecule has 1 aromatic carbocycles. The lowest BCUT2D eigenvalue weighted by molar-refractivity contribution is 1.41. The zero-order valence-corrected chi connectivity index (χ0v) is 8.84. The maximum atomic E-state index is 5.74. The third-order valence-corrected chi connectivity index (χ3v) is 2.85. The molecule has 0 bridgehead atoms. The minimum atomic E-state index is 0.831. The third kappa shape index (κ3) is 1.08. The van der Waals surface area contributed by atoms with Gasteiger partial charge in [-0.1, -0.05) is 0 Å². The summed E-state index contributed by atoms with van der Waals surface area (Å²) < 4.78 is 1.22. The van der Waals surface area contributed by atoms with Crippen LogP contribution < -0.4 is 5.73 Å². The maximum absolute atomic E-state index is 5.74. The van der Waals surface area contributed by atoms with Crippen molar-refractivity contribution in [3.63, 3.8) is 0 Å². The van der Waals surface area contributed by atoms with Crippen LogP contribution in [0, 0.1) is 10.5 Å². The van der Waals surface area contributed by atoms with Crippen molar-refractivity contribution < 1.29 is 0 Å². The minimum absolute atomic E-state index is 0.831. The van der Waals surface area contributed by atoms with Crippen molar-refractivity contribution in [1.29, 1.82) is 0 Å². The monoisotopic (exact) mass is 272 g/mol. The van der Waals surface area contributed by atoms with Crippen LogP contribution in [0.3, 0.4) is 0 Å². The number of aromatic nitrogens is 1. The Morgan fingerprint density at radius 1 is 1.42 bits per heavy atom. The Morgan fingerprint density at radius 2 is 2.17 bits per heavy atom. The number of nitrogen functional groups attached to an aromatic ring is 1. The highest BCUT2D eigenvalue weighted by molar-refractivity contribution is 14.1. The van der Waals surface area contributed by atoms with E-state index in [4.69, 9.17) is 5.73 Å². The van der Waals surface area contributed by atoms with Crippen LogP contribution in [0.25, 0.3) is 10.9 Å². The molecule has 0 amide bonds. The van der Waals surface area contributed by atoms with E-state index in [-0.39, 0.29) is 0 Å². The van der Waals surface area contributed by atoms with Crippen LogP contribution >= 0.6 is 22.6 Å². The van der Waals surface area contributed by atoms with E-state index < -0.39 is 0 Å². The SMILES string of the molecule is Cc1cc(N)cc2c(I)c[nH]c12. The fourth-order valence-corrected chi connectivity index (χ4v) is 1.99. The number of rotatable bonds is 0. The number of H-pyrrole nitrogens is 1. The summed E-state index contributed by atoms with van der Waals surface area (Å²) in [6, 6.07) is 3.98. The number of nitrogens with two attached hydrogens (primary N) is 1. The molecular formula is C9H9IN2. The van der Waals surface area contributed by atoms with Gasteiger partial charge in [-0.15, -0.1) is 0 Å². The minimum Gasteiger partial charge on any atom is -0.399 e. The van der Waals surface area contributed by atoms with E-state index in [0.717, 1.165) is 5.69 Å². The highest BCUT2D eigenvalue weighted by atomic mass is 127. The molecule has 0 aliphatic rings. The van der Waals surface area contributed by atoms with E-state index >= 15 is 0 Å². The summed E-state index contributed by atoms with van der Waals surface area (Å²) in [7, 11) is 0. The largest absolute Gasteiger partial charge is 0.399 e. The summed E-state index contributed by atoms with van der Waals surface area (Å²) >= 11 is 2.30. The van der Waals surface area contributed by atoms with E-state index in [0.29, 0.717) is 0 Å². The molecule has 0 spiro atoms. The number of aromatic amines is 1. The average Bonchev–Trinajstić information content (AvgIpc) is 2.33. The van der Waals surface area contributed by atoms with Gasteiger partial charge in [0.25, 0.3) is 0 Å². The molecule has 0 aliphatic carbocycles. The van der Waals surface area contributed by atoms with Gasteiger partial charge in [-0.05, 0) is 47.2 Å². The van der Waals surface area contributed by atoms with Crippen LogP contribution in [0.1, 0.15) is 5.56 Å². The van der Waals surface area contributed by atoms with Crippen molar-refractivity contribution in [2.24, 2.45) is 0 Å². The van der Waals surface area contributed by atoms with Crippen LogP contribution in [0.4, 0.5) is 5.69 Å². The van der Waals surface area contributed by atoms with Crippen molar-refractivity contribution in [3.8, 4) is 0 Å². The van der Waals surface area contributed by atoms with Crippen molar-refractivity contribution >= 4 is 39.2 Å². The van der Waals surface area contributed by atoms with E-state index in [1.807, 2.05) is 18.3 Å². The van der Waals surface area contributed by atoms with Crippen LogP contribution in [-0.4, -0.2) is 4.98 Å². The lowest BCUT2D eigenvalue weighted by Crippen LogP contribution is -1.86. The summed E-state index contributed by atoms with van der Waals surface area (Å²) in [6.07, 6.45) is 2.00. The summed E-state index contributed by atoms with van der Waals surface area (Å²) in [6.45, 7) is 2.06. The van der Waals surface area contributed by atoms with Gasteiger partial charge in [-0.25, -0.2) is 0 Å². The molecular weight excluding hydrogens is 263 g/mol. The number of fused-ring (bicyclic) bond motifs is 1. The topological polar surface area (TPSA) is 41.8 Å². The predicted molar refractivity (Wildman–Crippen MR) is 60.2 cm³/mol. The molecule has 2 nitrogen and oxygen atoms in total. The standard InChI is InChI=1S/C9H9IN2/c1-5-2-6(11)3-7-8(10)4-12-9(5)7/h2-4,12H,11H2,1H3. The van der Waals surface area contributed by atoms with Gasteiger partial charge < -0.3 is 10.7 Å². The number of aryl methyl sites for hydroxylation is 1. The van der Waals surface area contributed by atoms with E-state index in [2.05, 4.69) is 34.5 Å². The van der Waals surface area contributed by atoms with Gasteiger partial charge >= 0.3 is 0 Å². The van der Waals surface area contributed by atoms with Crippen molar-refractivity contribution in [2.45, 2.75) is 6.92 Å². The summed E-state index contributed by atoms with van der Waals surface area (Å²) in [4.78, 5) is 3.22. The van der Waals surface area contributed by atoms with Gasteiger partial charge in [0, 0.05) is 26.4 Å². The number of hydrogen-bond donors (Lipinski definition) is 2. The zero-order valence-electron chi connectivity index (χ0n) is 6.69. The van der Waals surface area contributed by atoms with Crippen LogP contribution in [0.2, 0.25) is 0 Å². The predicted octanol–water partition coefficient (Wildman–Crippen LogP) is 2.66. The Hall–Kier alpha value is -0.710. The molecule has 62 valence electrons. The van der Waals surface area contributed by atoms with Gasteiger partial charge in [0.1, 0.15) is 0 Å². The highest BCUT2D eigenvalue weighted by Crippen LogP contribution is 2.25. The Balaban J connectivity index is 2.92. The van der Waals surface area contributed by atoms with Gasteiger partial charge in [0.15, 0.2) is 0 Å². The lowest BCUT2D eigenvalue weighted by Gasteiger charge is -1.98. The van der Waals surface area contributed by atoms with Gasteiger partial charge in [0.05, 0.1) is 0 Å². The first-order valence-corrected chi connectivity index (χ1v) is 4.79. The molecule has 1 aromatic heterocycles. The molecule has 1 heterocycles.